The van der Waals surface area contributed by atoms with E-state index < -0.39 is 10.0 Å². The normalized spacial score (nSPS) is 11.8. The first-order valence-electron chi connectivity index (χ1n) is 8.96. The molecule has 6 nitrogen and oxygen atoms in total. The second-order valence-corrected chi connectivity index (χ2v) is 9.21. The van der Waals surface area contributed by atoms with Gasteiger partial charge in [0.2, 0.25) is 0 Å². The molecule has 0 saturated heterocycles. The van der Waals surface area contributed by atoms with Crippen LogP contribution in [0.25, 0.3) is 0 Å². The second kappa shape index (κ2) is 7.98. The van der Waals surface area contributed by atoms with Gasteiger partial charge < -0.3 is 5.32 Å². The van der Waals surface area contributed by atoms with Crippen LogP contribution < -0.4 is 10.0 Å². The Morgan fingerprint density at radius 3 is 2.29 bits per heavy atom. The van der Waals surface area contributed by atoms with E-state index in [1.54, 1.807) is 36.7 Å². The molecule has 0 amide bonds. The summed E-state index contributed by atoms with van der Waals surface area (Å²) in [6, 6.07) is 14.2. The molecule has 0 radical (unpaired) electrons. The van der Waals surface area contributed by atoms with Crippen molar-refractivity contribution >= 4 is 21.5 Å². The largest absolute Gasteiger partial charge is 0.366 e. The topological polar surface area (TPSA) is 84.0 Å². The van der Waals surface area contributed by atoms with Crippen molar-refractivity contribution in [2.45, 2.75) is 37.6 Å². The number of hydrogen-bond acceptors (Lipinski definition) is 5. The summed E-state index contributed by atoms with van der Waals surface area (Å²) in [5.74, 6) is 0.654. The molecule has 0 unspecified atom stereocenters. The van der Waals surface area contributed by atoms with Crippen molar-refractivity contribution in [1.29, 1.82) is 0 Å². The first-order chi connectivity index (χ1) is 13.2. The SMILES string of the molecule is CC(C)(C)c1ccc(S(=O)(=O)Nc2ccc(NCc3cccnc3)nc2)cc1. The fraction of sp³-hybridized carbons (Fsp3) is 0.238. The van der Waals surface area contributed by atoms with E-state index in [-0.39, 0.29) is 10.3 Å². The van der Waals surface area contributed by atoms with Crippen LogP contribution in [-0.4, -0.2) is 18.4 Å². The molecule has 2 N–H and O–H groups in total. The van der Waals surface area contributed by atoms with Gasteiger partial charge in [-0.15, -0.1) is 0 Å². The fourth-order valence-electron chi connectivity index (χ4n) is 2.60. The molecule has 0 bridgehead atoms. The number of nitrogens with zero attached hydrogens (tertiary/aromatic N) is 2. The summed E-state index contributed by atoms with van der Waals surface area (Å²) in [6.45, 7) is 6.85. The van der Waals surface area contributed by atoms with E-state index in [4.69, 9.17) is 0 Å². The summed E-state index contributed by atoms with van der Waals surface area (Å²) in [4.78, 5) is 8.54. The fourth-order valence-corrected chi connectivity index (χ4v) is 3.65. The first kappa shape index (κ1) is 19.8. The van der Waals surface area contributed by atoms with E-state index >= 15 is 0 Å². The van der Waals surface area contributed by atoms with E-state index in [9.17, 15) is 8.42 Å². The molecule has 0 aliphatic carbocycles. The van der Waals surface area contributed by atoms with Crippen LogP contribution in [0, 0.1) is 0 Å². The van der Waals surface area contributed by atoms with Gasteiger partial charge in [0.25, 0.3) is 10.0 Å². The summed E-state index contributed by atoms with van der Waals surface area (Å²) in [5, 5.41) is 3.17. The third kappa shape index (κ3) is 5.07. The molecule has 28 heavy (non-hydrogen) atoms. The lowest BCUT2D eigenvalue weighted by Crippen LogP contribution is -2.15. The van der Waals surface area contributed by atoms with Crippen LogP contribution in [-0.2, 0) is 22.0 Å². The predicted octanol–water partition coefficient (Wildman–Crippen LogP) is 4.19. The molecule has 7 heteroatoms. The van der Waals surface area contributed by atoms with Crippen molar-refractivity contribution in [1.82, 2.24) is 9.97 Å². The molecule has 0 atom stereocenters. The van der Waals surface area contributed by atoms with Gasteiger partial charge in [-0.2, -0.15) is 0 Å². The Balaban J connectivity index is 1.65. The van der Waals surface area contributed by atoms with Crippen LogP contribution in [0.3, 0.4) is 0 Å². The molecule has 146 valence electrons. The lowest BCUT2D eigenvalue weighted by molar-refractivity contribution is 0.587. The van der Waals surface area contributed by atoms with Crippen LogP contribution in [0.2, 0.25) is 0 Å². The summed E-state index contributed by atoms with van der Waals surface area (Å²) < 4.78 is 27.8. The van der Waals surface area contributed by atoms with E-state index in [1.807, 2.05) is 24.3 Å². The predicted molar refractivity (Wildman–Crippen MR) is 112 cm³/mol. The maximum Gasteiger partial charge on any atom is 0.261 e. The highest BCUT2D eigenvalue weighted by atomic mass is 32.2. The quantitative estimate of drug-likeness (QED) is 0.653. The number of benzene rings is 1. The van der Waals surface area contributed by atoms with Crippen molar-refractivity contribution < 1.29 is 8.42 Å². The number of rotatable bonds is 6. The molecule has 3 aromatic rings. The molecule has 0 aliphatic heterocycles. The van der Waals surface area contributed by atoms with Gasteiger partial charge in [-0.25, -0.2) is 13.4 Å². The maximum atomic E-state index is 12.6. The molecule has 0 fully saturated rings. The number of nitrogens with one attached hydrogen (secondary N) is 2. The van der Waals surface area contributed by atoms with Crippen LogP contribution >= 0.6 is 0 Å². The van der Waals surface area contributed by atoms with Crippen molar-refractivity contribution in [3.63, 3.8) is 0 Å². The summed E-state index contributed by atoms with van der Waals surface area (Å²) in [6.07, 6.45) is 4.99. The minimum Gasteiger partial charge on any atom is -0.366 e. The van der Waals surface area contributed by atoms with E-state index in [0.29, 0.717) is 18.1 Å². The highest BCUT2D eigenvalue weighted by Gasteiger charge is 2.17. The Morgan fingerprint density at radius 1 is 0.964 bits per heavy atom. The molecule has 0 spiro atoms. The van der Waals surface area contributed by atoms with E-state index in [2.05, 4.69) is 40.8 Å². The molecule has 2 aromatic heterocycles. The van der Waals surface area contributed by atoms with Crippen molar-refractivity contribution in [2.24, 2.45) is 0 Å². The Kier molecular flexibility index (Phi) is 5.65. The van der Waals surface area contributed by atoms with Crippen molar-refractivity contribution in [3.8, 4) is 0 Å². The Hall–Kier alpha value is -2.93. The van der Waals surface area contributed by atoms with Crippen LogP contribution in [0.5, 0.6) is 0 Å². The number of anilines is 2. The van der Waals surface area contributed by atoms with E-state index in [1.165, 1.54) is 6.20 Å². The average Bonchev–Trinajstić information content (AvgIpc) is 2.67. The van der Waals surface area contributed by atoms with E-state index in [0.717, 1.165) is 11.1 Å². The Morgan fingerprint density at radius 2 is 1.71 bits per heavy atom. The number of hydrogen-bond donors (Lipinski definition) is 2. The highest BCUT2D eigenvalue weighted by Crippen LogP contribution is 2.24. The zero-order valence-corrected chi connectivity index (χ0v) is 17.0. The molecule has 2 heterocycles. The van der Waals surface area contributed by atoms with Crippen molar-refractivity contribution in [2.75, 3.05) is 10.0 Å². The molecule has 0 saturated carbocycles. The van der Waals surface area contributed by atoms with Gasteiger partial charge in [0.05, 0.1) is 16.8 Å². The highest BCUT2D eigenvalue weighted by molar-refractivity contribution is 7.92. The summed E-state index contributed by atoms with van der Waals surface area (Å²) in [5.41, 5.74) is 2.50. The second-order valence-electron chi connectivity index (χ2n) is 7.53. The Labute approximate surface area is 166 Å². The zero-order chi connectivity index (χ0) is 20.2. The lowest BCUT2D eigenvalue weighted by Gasteiger charge is -2.19. The smallest absolute Gasteiger partial charge is 0.261 e. The minimum atomic E-state index is -3.66. The number of sulfonamides is 1. The van der Waals surface area contributed by atoms with Crippen molar-refractivity contribution in [3.05, 3.63) is 78.2 Å². The average molecular weight is 397 g/mol. The molecule has 1 aromatic carbocycles. The summed E-state index contributed by atoms with van der Waals surface area (Å²) >= 11 is 0. The maximum absolute atomic E-state index is 12.6. The lowest BCUT2D eigenvalue weighted by atomic mass is 9.87. The molecule has 3 rings (SSSR count). The number of pyridine rings is 2. The monoisotopic (exact) mass is 396 g/mol. The molecular weight excluding hydrogens is 372 g/mol. The van der Waals surface area contributed by atoms with Crippen LogP contribution in [0.1, 0.15) is 31.9 Å². The van der Waals surface area contributed by atoms with Gasteiger partial charge in [0.1, 0.15) is 5.82 Å². The van der Waals surface area contributed by atoms with Crippen LogP contribution in [0.15, 0.2) is 72.0 Å². The van der Waals surface area contributed by atoms with Gasteiger partial charge in [-0.05, 0) is 46.9 Å². The van der Waals surface area contributed by atoms with Gasteiger partial charge in [0.15, 0.2) is 0 Å². The molecule has 0 aliphatic rings. The zero-order valence-electron chi connectivity index (χ0n) is 16.2. The van der Waals surface area contributed by atoms with Crippen LogP contribution in [0.4, 0.5) is 11.5 Å². The Bertz CT molecular complexity index is 1010. The van der Waals surface area contributed by atoms with Gasteiger partial charge in [-0.1, -0.05) is 39.0 Å². The number of aromatic nitrogens is 2. The van der Waals surface area contributed by atoms with Gasteiger partial charge >= 0.3 is 0 Å². The third-order valence-corrected chi connectivity index (χ3v) is 5.64. The minimum absolute atomic E-state index is 0.0295. The standard InChI is InChI=1S/C21H24N4O2S/c1-21(2,3)17-6-9-19(10-7-17)28(26,27)25-18-8-11-20(24-15-18)23-14-16-5-4-12-22-13-16/h4-13,15,25H,14H2,1-3H3,(H,23,24). The molecular formula is C21H24N4O2S. The van der Waals surface area contributed by atoms with Gasteiger partial charge in [0, 0.05) is 18.9 Å². The third-order valence-electron chi connectivity index (χ3n) is 4.24. The van der Waals surface area contributed by atoms with Gasteiger partial charge in [-0.3, -0.25) is 9.71 Å². The summed E-state index contributed by atoms with van der Waals surface area (Å²) in [7, 11) is -3.66. The first-order valence-corrected chi connectivity index (χ1v) is 10.4.